The number of carbonyl (C=O) groups is 4. The Morgan fingerprint density at radius 2 is 0.941 bits per heavy atom. The Labute approximate surface area is 105 Å². The molecule has 8 N–H and O–H groups in total. The fourth-order valence-electron chi connectivity index (χ4n) is 0.247. The van der Waals surface area contributed by atoms with Crippen LogP contribution in [-0.2, 0) is 46.9 Å². The Hall–Kier alpha value is -1.69. The summed E-state index contributed by atoms with van der Waals surface area (Å²) in [5, 5.41) is 34.0. The van der Waals surface area contributed by atoms with E-state index in [1.165, 1.54) is 0 Å². The first-order valence-corrected chi connectivity index (χ1v) is 3.09. The van der Waals surface area contributed by atoms with Crippen molar-refractivity contribution in [1.82, 2.24) is 0 Å². The molecule has 0 aromatic rings. The zero-order valence-corrected chi connectivity index (χ0v) is 9.29. The van der Waals surface area contributed by atoms with Crippen LogP contribution in [0.4, 0.5) is 0 Å². The van der Waals surface area contributed by atoms with E-state index in [2.05, 4.69) is 0 Å². The molecule has 1 radical (unpaired) electrons. The van der Waals surface area contributed by atoms with E-state index < -0.39 is 36.7 Å². The molecular formula is C6H12CoO10+2. The van der Waals surface area contributed by atoms with Crippen molar-refractivity contribution in [2.45, 2.75) is 12.8 Å². The predicted molar refractivity (Wildman–Crippen MR) is 44.3 cm³/mol. The van der Waals surface area contributed by atoms with Crippen LogP contribution in [0.5, 0.6) is 0 Å². The topological polar surface area (TPSA) is 221 Å². The summed E-state index contributed by atoms with van der Waals surface area (Å²) in [5.74, 6) is -5.88. The van der Waals surface area contributed by atoms with Gasteiger partial charge in [0.1, 0.15) is 0 Å². The van der Waals surface area contributed by atoms with Gasteiger partial charge >= 0.3 is 28.7 Å². The molecule has 0 bridgehead atoms. The fraction of sp³-hybridized carbons (Fsp3) is 0.333. The first kappa shape index (κ1) is 29.5. The maximum Gasteiger partial charge on any atom is 2.00 e. The van der Waals surface area contributed by atoms with E-state index >= 15 is 0 Å². The smallest absolute Gasteiger partial charge is 0.550 e. The van der Waals surface area contributed by atoms with Crippen LogP contribution in [0.3, 0.4) is 0 Å². The molecule has 17 heavy (non-hydrogen) atoms. The predicted octanol–water partition coefficient (Wildman–Crippen LogP) is -5.42. The molecule has 0 aliphatic heterocycles. The van der Waals surface area contributed by atoms with Gasteiger partial charge in [0.05, 0.1) is 24.8 Å². The van der Waals surface area contributed by atoms with E-state index in [9.17, 15) is 29.4 Å². The molecular weight excluding hydrogens is 291 g/mol. The SMILES string of the molecule is O=C([O-])CC(=O)O.O=C([O-])CC(=O)O.[Co+2].[OH3+].[OH3+]. The number of carboxylic acids is 4. The van der Waals surface area contributed by atoms with Crippen molar-refractivity contribution < 1.29 is 67.3 Å². The molecule has 10 nitrogen and oxygen atoms in total. The molecule has 0 fully saturated rings. The average Bonchev–Trinajstić information content (AvgIpc) is 1.79. The van der Waals surface area contributed by atoms with Crippen LogP contribution in [0.2, 0.25) is 0 Å². The number of carbonyl (C=O) groups excluding carboxylic acids is 2. The van der Waals surface area contributed by atoms with Gasteiger partial charge in [-0.15, -0.1) is 0 Å². The second-order valence-corrected chi connectivity index (χ2v) is 1.89. The molecule has 0 spiro atoms. The van der Waals surface area contributed by atoms with Crippen LogP contribution in [0, 0.1) is 0 Å². The average molecular weight is 303 g/mol. The number of aliphatic carboxylic acids is 4. The van der Waals surface area contributed by atoms with Gasteiger partial charge in [-0.3, -0.25) is 9.59 Å². The minimum absolute atomic E-state index is 0. The Bertz CT molecular complexity index is 199. The van der Waals surface area contributed by atoms with Gasteiger partial charge in [0.25, 0.3) is 0 Å². The third-order valence-corrected chi connectivity index (χ3v) is 0.591. The number of hydrogen-bond acceptors (Lipinski definition) is 6. The van der Waals surface area contributed by atoms with Crippen molar-refractivity contribution in [2.75, 3.05) is 0 Å². The standard InChI is InChI=1S/2C3H4O4.Co.2H2O/c2*4-2(5)1-3(6)7;;;/h2*1H2,(H,4,5)(H,6,7);;2*1H2/q;;+2;;. The summed E-state index contributed by atoms with van der Waals surface area (Å²) in [6.45, 7) is 0. The van der Waals surface area contributed by atoms with Gasteiger partial charge in [0.2, 0.25) is 0 Å². The largest absolute Gasteiger partial charge is 2.00 e. The van der Waals surface area contributed by atoms with E-state index in [1.54, 1.807) is 0 Å². The summed E-state index contributed by atoms with van der Waals surface area (Å²) < 4.78 is 0. The monoisotopic (exact) mass is 303 g/mol. The molecule has 0 aromatic carbocycles. The zero-order valence-electron chi connectivity index (χ0n) is 8.25. The number of hydrogen-bond donors (Lipinski definition) is 2. The van der Waals surface area contributed by atoms with Crippen LogP contribution in [0.25, 0.3) is 0 Å². The summed E-state index contributed by atoms with van der Waals surface area (Å²) >= 11 is 0. The Balaban J connectivity index is -0.0000000480. The van der Waals surface area contributed by atoms with E-state index in [0.717, 1.165) is 0 Å². The summed E-state index contributed by atoms with van der Waals surface area (Å²) in [6.07, 6.45) is -1.83. The fourth-order valence-corrected chi connectivity index (χ4v) is 0.247. The summed E-state index contributed by atoms with van der Waals surface area (Å²) in [4.78, 5) is 37.4. The number of carboxylic acid groups (broad SMARTS) is 4. The third kappa shape index (κ3) is 54.5. The molecule has 0 atom stereocenters. The van der Waals surface area contributed by atoms with Crippen LogP contribution in [0.15, 0.2) is 0 Å². The molecule has 0 rings (SSSR count). The normalized spacial score (nSPS) is 6.59. The van der Waals surface area contributed by atoms with Crippen LogP contribution < -0.4 is 10.2 Å². The van der Waals surface area contributed by atoms with Gasteiger partial charge in [-0.1, -0.05) is 0 Å². The molecule has 0 amide bonds. The van der Waals surface area contributed by atoms with Crippen LogP contribution >= 0.6 is 0 Å². The van der Waals surface area contributed by atoms with Gasteiger partial charge in [-0.2, -0.15) is 0 Å². The minimum atomic E-state index is -1.56. The van der Waals surface area contributed by atoms with E-state index in [4.69, 9.17) is 10.2 Å². The van der Waals surface area contributed by atoms with Crippen LogP contribution in [-0.4, -0.2) is 34.1 Å². The van der Waals surface area contributed by atoms with Crippen LogP contribution in [0.1, 0.15) is 12.8 Å². The quantitative estimate of drug-likeness (QED) is 0.375. The molecule has 0 aliphatic carbocycles. The van der Waals surface area contributed by atoms with Crippen molar-refractivity contribution in [3.63, 3.8) is 0 Å². The van der Waals surface area contributed by atoms with Crippen molar-refractivity contribution in [3.05, 3.63) is 0 Å². The van der Waals surface area contributed by atoms with Crippen molar-refractivity contribution >= 4 is 23.9 Å². The zero-order chi connectivity index (χ0) is 11.7. The maximum absolute atomic E-state index is 9.39. The van der Waals surface area contributed by atoms with Gasteiger partial charge < -0.3 is 41.0 Å². The molecule has 0 saturated carbocycles. The van der Waals surface area contributed by atoms with Crippen molar-refractivity contribution in [3.8, 4) is 0 Å². The van der Waals surface area contributed by atoms with E-state index in [0.29, 0.717) is 0 Å². The summed E-state index contributed by atoms with van der Waals surface area (Å²) in [6, 6.07) is 0. The molecule has 0 unspecified atom stereocenters. The minimum Gasteiger partial charge on any atom is -0.550 e. The number of rotatable bonds is 4. The van der Waals surface area contributed by atoms with Gasteiger partial charge in [-0.05, 0) is 0 Å². The first-order valence-electron chi connectivity index (χ1n) is 3.09. The first-order chi connectivity index (χ1) is 6.25. The maximum atomic E-state index is 9.39. The molecule has 0 aliphatic rings. The Kier molecular flexibility index (Phi) is 29.0. The summed E-state index contributed by atoms with van der Waals surface area (Å²) in [7, 11) is 0. The molecule has 0 saturated heterocycles. The van der Waals surface area contributed by atoms with Crippen molar-refractivity contribution in [2.24, 2.45) is 0 Å². The van der Waals surface area contributed by atoms with E-state index in [-0.39, 0.29) is 27.7 Å². The van der Waals surface area contributed by atoms with Gasteiger partial charge in [-0.25, -0.2) is 0 Å². The van der Waals surface area contributed by atoms with E-state index in [1.807, 2.05) is 0 Å². The third-order valence-electron chi connectivity index (χ3n) is 0.591. The molecule has 0 heterocycles. The summed E-state index contributed by atoms with van der Waals surface area (Å²) in [5.41, 5.74) is 0. The molecule has 0 aromatic heterocycles. The van der Waals surface area contributed by atoms with Gasteiger partial charge in [0, 0.05) is 0 Å². The molecule has 103 valence electrons. The Morgan fingerprint density at radius 3 is 0.941 bits per heavy atom. The second kappa shape index (κ2) is 16.7. The Morgan fingerprint density at radius 1 is 0.765 bits per heavy atom. The van der Waals surface area contributed by atoms with Crippen molar-refractivity contribution in [1.29, 1.82) is 0 Å². The molecule has 11 heteroatoms. The van der Waals surface area contributed by atoms with Gasteiger partial charge in [0.15, 0.2) is 0 Å². The second-order valence-electron chi connectivity index (χ2n) is 1.89.